The molecule has 4 rings (SSSR count). The quantitative estimate of drug-likeness (QED) is 0.469. The highest BCUT2D eigenvalue weighted by molar-refractivity contribution is 5.68. The van der Waals surface area contributed by atoms with Crippen molar-refractivity contribution < 1.29 is 0 Å². The molecule has 0 aliphatic heterocycles. The van der Waals surface area contributed by atoms with Gasteiger partial charge in [0.2, 0.25) is 0 Å². The third kappa shape index (κ3) is 2.37. The maximum atomic E-state index is 2.36. The second-order valence-electron chi connectivity index (χ2n) is 6.08. The minimum atomic E-state index is 1.18. The highest BCUT2D eigenvalue weighted by atomic mass is 15.1. The molecule has 2 nitrogen and oxygen atoms in total. The van der Waals surface area contributed by atoms with Crippen LogP contribution >= 0.6 is 0 Å². The van der Waals surface area contributed by atoms with Crippen molar-refractivity contribution in [3.63, 3.8) is 0 Å². The van der Waals surface area contributed by atoms with Crippen molar-refractivity contribution in [2.24, 2.45) is 0 Å². The fourth-order valence-corrected chi connectivity index (χ4v) is 3.23. The third-order valence-corrected chi connectivity index (χ3v) is 4.58. The van der Waals surface area contributed by atoms with Crippen LogP contribution in [0.2, 0.25) is 0 Å². The van der Waals surface area contributed by atoms with Gasteiger partial charge in [0, 0.05) is 18.1 Å². The van der Waals surface area contributed by atoms with Crippen molar-refractivity contribution in [3.8, 4) is 22.6 Å². The van der Waals surface area contributed by atoms with Crippen LogP contribution in [0.25, 0.3) is 22.6 Å². The Balaban J connectivity index is 1.99. The molecule has 0 N–H and O–H groups in total. The number of aromatic nitrogens is 2. The standard InChI is InChI=1S/C22H20N2/c1-17-16-22(19-10-4-3-5-11-19)24(18(17)2)21-13-7-6-12-20(21)23-14-8-9-15-23/h3-16H,1-2H3. The second kappa shape index (κ2) is 5.89. The van der Waals surface area contributed by atoms with Crippen LogP contribution in [0.3, 0.4) is 0 Å². The molecule has 24 heavy (non-hydrogen) atoms. The van der Waals surface area contributed by atoms with Gasteiger partial charge in [0.1, 0.15) is 0 Å². The summed E-state index contributed by atoms with van der Waals surface area (Å²) in [5.74, 6) is 0. The van der Waals surface area contributed by atoms with Crippen LogP contribution in [-0.2, 0) is 0 Å². The molecule has 2 heteroatoms. The van der Waals surface area contributed by atoms with E-state index in [1.54, 1.807) is 0 Å². The minimum absolute atomic E-state index is 1.18. The predicted octanol–water partition coefficient (Wildman–Crippen LogP) is 5.55. The first-order chi connectivity index (χ1) is 11.8. The zero-order valence-electron chi connectivity index (χ0n) is 14.0. The number of aryl methyl sites for hydroxylation is 1. The molecule has 0 aliphatic carbocycles. The lowest BCUT2D eigenvalue weighted by Gasteiger charge is -2.17. The molecule has 0 radical (unpaired) electrons. The smallest absolute Gasteiger partial charge is 0.0699 e. The Morgan fingerprint density at radius 2 is 1.29 bits per heavy atom. The summed E-state index contributed by atoms with van der Waals surface area (Å²) >= 11 is 0. The van der Waals surface area contributed by atoms with Gasteiger partial charge in [-0.05, 0) is 55.3 Å². The molecule has 0 bridgehead atoms. The average Bonchev–Trinajstić information content (AvgIpc) is 3.25. The van der Waals surface area contributed by atoms with E-state index in [2.05, 4.69) is 108 Å². The van der Waals surface area contributed by atoms with E-state index in [0.717, 1.165) is 0 Å². The molecule has 0 fully saturated rings. The molecule has 0 aliphatic rings. The first-order valence-electron chi connectivity index (χ1n) is 8.23. The van der Waals surface area contributed by atoms with Crippen molar-refractivity contribution in [2.45, 2.75) is 13.8 Å². The Kier molecular flexibility index (Phi) is 3.58. The van der Waals surface area contributed by atoms with E-state index < -0.39 is 0 Å². The summed E-state index contributed by atoms with van der Waals surface area (Å²) in [5, 5.41) is 0. The number of hydrogen-bond acceptors (Lipinski definition) is 0. The van der Waals surface area contributed by atoms with E-state index in [9.17, 15) is 0 Å². The molecule has 0 unspecified atom stereocenters. The van der Waals surface area contributed by atoms with Gasteiger partial charge in [-0.15, -0.1) is 0 Å². The van der Waals surface area contributed by atoms with E-state index in [1.165, 1.54) is 33.9 Å². The topological polar surface area (TPSA) is 9.86 Å². The molecule has 4 aromatic rings. The van der Waals surface area contributed by atoms with Gasteiger partial charge in [-0.25, -0.2) is 0 Å². The van der Waals surface area contributed by atoms with Crippen molar-refractivity contribution >= 4 is 0 Å². The molecule has 118 valence electrons. The normalized spacial score (nSPS) is 10.9. The summed E-state index contributed by atoms with van der Waals surface area (Å²) in [5.41, 5.74) is 7.40. The van der Waals surface area contributed by atoms with Gasteiger partial charge in [0.05, 0.1) is 17.1 Å². The number of para-hydroxylation sites is 2. The third-order valence-electron chi connectivity index (χ3n) is 4.58. The number of benzene rings is 2. The van der Waals surface area contributed by atoms with E-state index in [-0.39, 0.29) is 0 Å². The van der Waals surface area contributed by atoms with Crippen LogP contribution in [-0.4, -0.2) is 9.13 Å². The zero-order valence-corrected chi connectivity index (χ0v) is 14.0. The molecule has 2 aromatic carbocycles. The molecule has 2 aromatic heterocycles. The van der Waals surface area contributed by atoms with Crippen LogP contribution in [0, 0.1) is 13.8 Å². The molecule has 0 amide bonds. The first kappa shape index (κ1) is 14.6. The summed E-state index contributed by atoms with van der Waals surface area (Å²) in [6, 6.07) is 25.5. The van der Waals surface area contributed by atoms with Gasteiger partial charge in [-0.1, -0.05) is 42.5 Å². The first-order valence-corrected chi connectivity index (χ1v) is 8.23. The highest BCUT2D eigenvalue weighted by Crippen LogP contribution is 2.31. The lowest BCUT2D eigenvalue weighted by atomic mass is 10.1. The highest BCUT2D eigenvalue weighted by Gasteiger charge is 2.15. The van der Waals surface area contributed by atoms with Gasteiger partial charge in [-0.3, -0.25) is 0 Å². The van der Waals surface area contributed by atoms with Crippen molar-refractivity contribution in [1.82, 2.24) is 9.13 Å². The van der Waals surface area contributed by atoms with Gasteiger partial charge in [0.25, 0.3) is 0 Å². The van der Waals surface area contributed by atoms with Crippen LogP contribution in [0.1, 0.15) is 11.3 Å². The minimum Gasteiger partial charge on any atom is -0.322 e. The van der Waals surface area contributed by atoms with E-state index in [4.69, 9.17) is 0 Å². The zero-order chi connectivity index (χ0) is 16.5. The number of nitrogens with zero attached hydrogens (tertiary/aromatic N) is 2. The summed E-state index contributed by atoms with van der Waals surface area (Å²) in [6.45, 7) is 4.37. The lowest BCUT2D eigenvalue weighted by Crippen LogP contribution is -2.04. The van der Waals surface area contributed by atoms with Crippen molar-refractivity contribution in [3.05, 3.63) is 96.4 Å². The summed E-state index contributed by atoms with van der Waals surface area (Å²) in [4.78, 5) is 0. The Hall–Kier alpha value is -3.00. The van der Waals surface area contributed by atoms with E-state index >= 15 is 0 Å². The van der Waals surface area contributed by atoms with Gasteiger partial charge >= 0.3 is 0 Å². The average molecular weight is 312 g/mol. The van der Waals surface area contributed by atoms with Crippen LogP contribution < -0.4 is 0 Å². The van der Waals surface area contributed by atoms with Crippen LogP contribution in [0.15, 0.2) is 85.2 Å². The maximum absolute atomic E-state index is 2.36. The molecule has 0 spiro atoms. The van der Waals surface area contributed by atoms with Crippen LogP contribution in [0.5, 0.6) is 0 Å². The predicted molar refractivity (Wildman–Crippen MR) is 100 cm³/mol. The second-order valence-corrected chi connectivity index (χ2v) is 6.08. The Labute approximate surface area is 142 Å². The van der Waals surface area contributed by atoms with Gasteiger partial charge < -0.3 is 9.13 Å². The molecule has 2 heterocycles. The number of hydrogen-bond donors (Lipinski definition) is 0. The fraction of sp³-hybridized carbons (Fsp3) is 0.0909. The number of rotatable bonds is 3. The van der Waals surface area contributed by atoms with Crippen LogP contribution in [0.4, 0.5) is 0 Å². The largest absolute Gasteiger partial charge is 0.322 e. The Morgan fingerprint density at radius 3 is 2.00 bits per heavy atom. The molecular weight excluding hydrogens is 292 g/mol. The van der Waals surface area contributed by atoms with E-state index in [0.29, 0.717) is 0 Å². The summed E-state index contributed by atoms with van der Waals surface area (Å²) < 4.78 is 4.53. The van der Waals surface area contributed by atoms with E-state index in [1.807, 2.05) is 0 Å². The molecule has 0 atom stereocenters. The monoisotopic (exact) mass is 312 g/mol. The fourth-order valence-electron chi connectivity index (χ4n) is 3.23. The Morgan fingerprint density at radius 1 is 0.667 bits per heavy atom. The van der Waals surface area contributed by atoms with Crippen molar-refractivity contribution in [1.29, 1.82) is 0 Å². The maximum Gasteiger partial charge on any atom is 0.0699 e. The van der Waals surface area contributed by atoms with Gasteiger partial charge in [-0.2, -0.15) is 0 Å². The summed E-state index contributed by atoms with van der Waals surface area (Å²) in [7, 11) is 0. The molecular formula is C22H20N2. The van der Waals surface area contributed by atoms with Gasteiger partial charge in [0.15, 0.2) is 0 Å². The SMILES string of the molecule is Cc1cc(-c2ccccc2)n(-c2ccccc2-n2cccc2)c1C. The summed E-state index contributed by atoms with van der Waals surface area (Å²) in [6.07, 6.45) is 4.18. The van der Waals surface area contributed by atoms with Crippen molar-refractivity contribution in [2.75, 3.05) is 0 Å². The molecule has 0 saturated carbocycles. The lowest BCUT2D eigenvalue weighted by molar-refractivity contribution is 0.970. The molecule has 0 saturated heterocycles. The Bertz CT molecular complexity index is 961.